The number of aromatic nitrogens is 1. The van der Waals surface area contributed by atoms with Crippen LogP contribution in [0.5, 0.6) is 0 Å². The summed E-state index contributed by atoms with van der Waals surface area (Å²) in [6.45, 7) is 2.55. The van der Waals surface area contributed by atoms with E-state index in [1.54, 1.807) is 0 Å². The average molecular weight is 246 g/mol. The molecule has 2 aliphatic heterocycles. The molecule has 0 aliphatic carbocycles. The maximum atomic E-state index is 4.46. The number of pyridine rings is 1. The largest absolute Gasteiger partial charge is 0.379 e. The highest BCUT2D eigenvalue weighted by Gasteiger charge is 2.36. The minimum absolute atomic E-state index is 0.611. The van der Waals surface area contributed by atoms with Gasteiger partial charge in [0.15, 0.2) is 0 Å². The zero-order valence-electron chi connectivity index (χ0n) is 11.3. The predicted molar refractivity (Wildman–Crippen MR) is 75.2 cm³/mol. The van der Waals surface area contributed by atoms with Crippen LogP contribution >= 0.6 is 0 Å². The molecule has 2 atom stereocenters. The third-order valence-electron chi connectivity index (χ3n) is 4.16. The van der Waals surface area contributed by atoms with E-state index >= 15 is 0 Å². The van der Waals surface area contributed by atoms with Crippen molar-refractivity contribution in [3.8, 4) is 0 Å². The average Bonchev–Trinajstić information content (AvgIpc) is 2.95. The van der Waals surface area contributed by atoms with E-state index in [0.29, 0.717) is 6.04 Å². The Kier molecular flexibility index (Phi) is 3.12. The molecule has 4 heteroatoms. The smallest absolute Gasteiger partial charge is 0.128 e. The van der Waals surface area contributed by atoms with E-state index < -0.39 is 0 Å². The maximum absolute atomic E-state index is 4.46. The lowest BCUT2D eigenvalue weighted by Crippen LogP contribution is -2.33. The van der Waals surface area contributed by atoms with Crippen molar-refractivity contribution < 1.29 is 0 Å². The van der Waals surface area contributed by atoms with Crippen LogP contribution in [0.25, 0.3) is 0 Å². The summed E-state index contributed by atoms with van der Waals surface area (Å²) in [5.41, 5.74) is 1.15. The van der Waals surface area contributed by atoms with Crippen molar-refractivity contribution in [1.82, 2.24) is 9.88 Å². The van der Waals surface area contributed by atoms with Crippen LogP contribution in [0.15, 0.2) is 18.3 Å². The molecule has 0 amide bonds. The monoisotopic (exact) mass is 246 g/mol. The van der Waals surface area contributed by atoms with E-state index in [0.717, 1.165) is 17.5 Å². The summed E-state index contributed by atoms with van der Waals surface area (Å²) in [6, 6.07) is 5.57. The third kappa shape index (κ3) is 2.17. The van der Waals surface area contributed by atoms with E-state index in [1.165, 1.54) is 32.4 Å². The SMILES string of the molecule is CN(C)c1ccc(NC2CCN3CCCC23)cn1. The molecule has 2 saturated heterocycles. The summed E-state index contributed by atoms with van der Waals surface area (Å²) < 4.78 is 0. The molecule has 18 heavy (non-hydrogen) atoms. The summed E-state index contributed by atoms with van der Waals surface area (Å²) >= 11 is 0. The molecule has 4 nitrogen and oxygen atoms in total. The first kappa shape index (κ1) is 11.8. The van der Waals surface area contributed by atoms with Crippen LogP contribution in [0.1, 0.15) is 19.3 Å². The Hall–Kier alpha value is -1.29. The van der Waals surface area contributed by atoms with E-state index in [9.17, 15) is 0 Å². The van der Waals surface area contributed by atoms with Crippen LogP contribution in [0.4, 0.5) is 11.5 Å². The molecule has 1 aromatic heterocycles. The second kappa shape index (κ2) is 4.76. The Morgan fingerprint density at radius 3 is 2.89 bits per heavy atom. The fourth-order valence-corrected chi connectivity index (χ4v) is 3.20. The number of hydrogen-bond donors (Lipinski definition) is 1. The Labute approximate surface area is 109 Å². The van der Waals surface area contributed by atoms with Crippen LogP contribution < -0.4 is 10.2 Å². The molecule has 1 aromatic rings. The Morgan fingerprint density at radius 1 is 1.28 bits per heavy atom. The fourth-order valence-electron chi connectivity index (χ4n) is 3.20. The molecule has 2 unspecified atom stereocenters. The van der Waals surface area contributed by atoms with Gasteiger partial charge in [-0.1, -0.05) is 0 Å². The minimum Gasteiger partial charge on any atom is -0.379 e. The van der Waals surface area contributed by atoms with Gasteiger partial charge in [-0.3, -0.25) is 4.90 Å². The second-order valence-electron chi connectivity index (χ2n) is 5.58. The number of rotatable bonds is 3. The summed E-state index contributed by atoms with van der Waals surface area (Å²) in [6.07, 6.45) is 5.93. The molecular weight excluding hydrogens is 224 g/mol. The first-order valence-electron chi connectivity index (χ1n) is 6.88. The van der Waals surface area contributed by atoms with Gasteiger partial charge in [-0.25, -0.2) is 4.98 Å². The van der Waals surface area contributed by atoms with Crippen LogP contribution in [-0.2, 0) is 0 Å². The zero-order chi connectivity index (χ0) is 12.5. The van der Waals surface area contributed by atoms with Crippen molar-refractivity contribution in [3.63, 3.8) is 0 Å². The van der Waals surface area contributed by atoms with E-state index in [4.69, 9.17) is 0 Å². The van der Waals surface area contributed by atoms with Gasteiger partial charge < -0.3 is 10.2 Å². The van der Waals surface area contributed by atoms with Gasteiger partial charge >= 0.3 is 0 Å². The molecule has 0 saturated carbocycles. The minimum atomic E-state index is 0.611. The Bertz CT molecular complexity index is 401. The van der Waals surface area contributed by atoms with E-state index in [-0.39, 0.29) is 0 Å². The normalized spacial score (nSPS) is 27.2. The fraction of sp³-hybridized carbons (Fsp3) is 0.643. The van der Waals surface area contributed by atoms with Gasteiger partial charge in [0.25, 0.3) is 0 Å². The summed E-state index contributed by atoms with van der Waals surface area (Å²) in [7, 11) is 4.03. The van der Waals surface area contributed by atoms with Gasteiger partial charge in [-0.05, 0) is 37.9 Å². The first-order valence-corrected chi connectivity index (χ1v) is 6.88. The van der Waals surface area contributed by atoms with Gasteiger partial charge in [-0.2, -0.15) is 0 Å². The summed E-state index contributed by atoms with van der Waals surface area (Å²) in [5.74, 6) is 1.01. The molecule has 3 heterocycles. The van der Waals surface area contributed by atoms with Crippen LogP contribution in [-0.4, -0.2) is 49.2 Å². The molecule has 98 valence electrons. The quantitative estimate of drug-likeness (QED) is 0.881. The van der Waals surface area contributed by atoms with Gasteiger partial charge in [0.05, 0.1) is 11.9 Å². The van der Waals surface area contributed by atoms with Crippen molar-refractivity contribution in [3.05, 3.63) is 18.3 Å². The van der Waals surface area contributed by atoms with E-state index in [1.807, 2.05) is 25.2 Å². The second-order valence-corrected chi connectivity index (χ2v) is 5.58. The lowest BCUT2D eigenvalue weighted by Gasteiger charge is -2.22. The van der Waals surface area contributed by atoms with Gasteiger partial charge in [0.2, 0.25) is 0 Å². The standard InChI is InChI=1S/C14H22N4/c1-17(2)14-6-5-11(10-15-14)16-12-7-9-18-8-3-4-13(12)18/h5-6,10,12-13,16H,3-4,7-9H2,1-2H3. The number of fused-ring (bicyclic) bond motifs is 1. The lowest BCUT2D eigenvalue weighted by atomic mass is 10.1. The van der Waals surface area contributed by atoms with Crippen molar-refractivity contribution in [2.24, 2.45) is 0 Å². The van der Waals surface area contributed by atoms with E-state index in [2.05, 4.69) is 27.3 Å². The Morgan fingerprint density at radius 2 is 2.17 bits per heavy atom. The number of hydrogen-bond acceptors (Lipinski definition) is 4. The van der Waals surface area contributed by atoms with Crippen LogP contribution in [0.3, 0.4) is 0 Å². The van der Waals surface area contributed by atoms with Gasteiger partial charge in [0.1, 0.15) is 5.82 Å². The van der Waals surface area contributed by atoms with Gasteiger partial charge in [-0.15, -0.1) is 0 Å². The molecule has 0 radical (unpaired) electrons. The lowest BCUT2D eigenvalue weighted by molar-refractivity contribution is 0.318. The molecule has 0 bridgehead atoms. The van der Waals surface area contributed by atoms with Crippen molar-refractivity contribution in [2.75, 3.05) is 37.4 Å². The summed E-state index contributed by atoms with van der Waals surface area (Å²) in [4.78, 5) is 9.11. The highest BCUT2D eigenvalue weighted by atomic mass is 15.2. The highest BCUT2D eigenvalue weighted by Crippen LogP contribution is 2.30. The molecule has 3 rings (SSSR count). The molecule has 2 aliphatic rings. The van der Waals surface area contributed by atoms with Crippen molar-refractivity contribution >= 4 is 11.5 Å². The topological polar surface area (TPSA) is 31.4 Å². The van der Waals surface area contributed by atoms with Crippen LogP contribution in [0, 0.1) is 0 Å². The third-order valence-corrected chi connectivity index (χ3v) is 4.16. The van der Waals surface area contributed by atoms with Gasteiger partial charge in [0, 0.05) is 32.7 Å². The van der Waals surface area contributed by atoms with Crippen molar-refractivity contribution in [1.29, 1.82) is 0 Å². The molecule has 1 N–H and O–H groups in total. The first-order chi connectivity index (χ1) is 8.74. The number of nitrogens with zero attached hydrogens (tertiary/aromatic N) is 3. The van der Waals surface area contributed by atoms with Crippen LogP contribution in [0.2, 0.25) is 0 Å². The summed E-state index contributed by atoms with van der Waals surface area (Å²) in [5, 5.41) is 3.66. The molecule has 0 aromatic carbocycles. The molecule has 2 fully saturated rings. The predicted octanol–water partition coefficient (Wildman–Crippen LogP) is 1.80. The van der Waals surface area contributed by atoms with Crippen molar-refractivity contribution in [2.45, 2.75) is 31.3 Å². The molecule has 0 spiro atoms. The zero-order valence-corrected chi connectivity index (χ0v) is 11.3. The molecular formula is C14H22N4. The maximum Gasteiger partial charge on any atom is 0.128 e. The number of anilines is 2. The highest BCUT2D eigenvalue weighted by molar-refractivity contribution is 5.48. The Balaban J connectivity index is 1.65. The number of nitrogens with one attached hydrogen (secondary N) is 1.